The highest BCUT2D eigenvalue weighted by atomic mass is 32.1. The van der Waals surface area contributed by atoms with Crippen LogP contribution in [0.15, 0.2) is 66.7 Å². The zero-order valence-electron chi connectivity index (χ0n) is 14.2. The first-order valence-electron chi connectivity index (χ1n) is 8.01. The van der Waals surface area contributed by atoms with Gasteiger partial charge in [-0.2, -0.15) is 0 Å². The Kier molecular flexibility index (Phi) is 5.56. The number of fused-ring (bicyclic) bond motifs is 1. The van der Waals surface area contributed by atoms with Gasteiger partial charge >= 0.3 is 0 Å². The molecule has 4 aromatic rings. The van der Waals surface area contributed by atoms with Crippen LogP contribution in [0.3, 0.4) is 0 Å². The number of benzene rings is 2. The number of carbonyl (C=O) groups is 1. The Hall–Kier alpha value is -3.25. The SMILES string of the molecule is CNc1ccccc1.Nc1nc(-c2ccccc2)c2cc(C=O)sc2n1. The number of anilines is 2. The molecule has 0 saturated carbocycles. The molecule has 2 aromatic heterocycles. The number of aromatic nitrogens is 2. The van der Waals surface area contributed by atoms with Crippen molar-refractivity contribution < 1.29 is 4.79 Å². The van der Waals surface area contributed by atoms with Crippen molar-refractivity contribution in [2.45, 2.75) is 0 Å². The molecule has 0 aliphatic rings. The largest absolute Gasteiger partial charge is 0.388 e. The van der Waals surface area contributed by atoms with E-state index < -0.39 is 0 Å². The minimum absolute atomic E-state index is 0.223. The first kappa shape index (κ1) is 17.6. The number of rotatable bonds is 3. The van der Waals surface area contributed by atoms with Gasteiger partial charge in [-0.1, -0.05) is 48.5 Å². The normalized spacial score (nSPS) is 10.0. The minimum atomic E-state index is 0.223. The van der Waals surface area contributed by atoms with Gasteiger partial charge in [0.1, 0.15) is 4.83 Å². The summed E-state index contributed by atoms with van der Waals surface area (Å²) in [6.07, 6.45) is 0.817. The lowest BCUT2D eigenvalue weighted by Gasteiger charge is -2.03. The summed E-state index contributed by atoms with van der Waals surface area (Å²) in [6.45, 7) is 0. The van der Waals surface area contributed by atoms with Crippen LogP contribution in [0, 0.1) is 0 Å². The Bertz CT molecular complexity index is 1000. The number of hydrogen-bond acceptors (Lipinski definition) is 6. The van der Waals surface area contributed by atoms with Gasteiger partial charge in [0, 0.05) is 23.7 Å². The van der Waals surface area contributed by atoms with E-state index in [1.54, 1.807) is 6.07 Å². The van der Waals surface area contributed by atoms with Gasteiger partial charge in [-0.15, -0.1) is 11.3 Å². The Morgan fingerprint density at radius 2 is 1.65 bits per heavy atom. The smallest absolute Gasteiger partial charge is 0.221 e. The third kappa shape index (κ3) is 4.04. The number of nitrogens with zero attached hydrogens (tertiary/aromatic N) is 2. The van der Waals surface area contributed by atoms with Crippen LogP contribution in [-0.4, -0.2) is 23.3 Å². The fraction of sp³-hybridized carbons (Fsp3) is 0.0500. The van der Waals surface area contributed by atoms with Crippen molar-refractivity contribution in [3.05, 3.63) is 71.6 Å². The van der Waals surface area contributed by atoms with Gasteiger partial charge in [0.2, 0.25) is 5.95 Å². The van der Waals surface area contributed by atoms with Crippen molar-refractivity contribution in [3.8, 4) is 11.3 Å². The molecule has 0 radical (unpaired) electrons. The molecule has 0 fully saturated rings. The molecule has 0 atom stereocenters. The molecular formula is C20H18N4OS. The fourth-order valence-corrected chi connectivity index (χ4v) is 3.29. The average Bonchev–Trinajstić information content (AvgIpc) is 3.12. The minimum Gasteiger partial charge on any atom is -0.388 e. The van der Waals surface area contributed by atoms with Crippen LogP contribution in [0.25, 0.3) is 21.5 Å². The molecule has 0 saturated heterocycles. The molecule has 0 bridgehead atoms. The van der Waals surface area contributed by atoms with Gasteiger partial charge in [-0.3, -0.25) is 4.79 Å². The van der Waals surface area contributed by atoms with Crippen LogP contribution in [-0.2, 0) is 0 Å². The number of thiophene rings is 1. The Morgan fingerprint density at radius 1 is 1.00 bits per heavy atom. The summed E-state index contributed by atoms with van der Waals surface area (Å²) in [5.41, 5.74) is 8.60. The summed E-state index contributed by atoms with van der Waals surface area (Å²) in [6, 6.07) is 21.6. The number of nitrogens with one attached hydrogen (secondary N) is 1. The van der Waals surface area contributed by atoms with Gasteiger partial charge in [0.05, 0.1) is 10.6 Å². The quantitative estimate of drug-likeness (QED) is 0.525. The summed E-state index contributed by atoms with van der Waals surface area (Å²) in [5.74, 6) is 0.223. The van der Waals surface area contributed by atoms with Crippen molar-refractivity contribution in [3.63, 3.8) is 0 Å². The second kappa shape index (κ2) is 8.22. The van der Waals surface area contributed by atoms with E-state index in [1.807, 2.05) is 67.7 Å². The van der Waals surface area contributed by atoms with Crippen LogP contribution in [0.1, 0.15) is 9.67 Å². The Labute approximate surface area is 155 Å². The number of para-hydroxylation sites is 1. The number of hydrogen-bond donors (Lipinski definition) is 2. The third-order valence-corrected chi connectivity index (χ3v) is 4.61. The van der Waals surface area contributed by atoms with Crippen LogP contribution in [0.5, 0.6) is 0 Å². The first-order valence-corrected chi connectivity index (χ1v) is 8.83. The summed E-state index contributed by atoms with van der Waals surface area (Å²) in [4.78, 5) is 20.6. The highest BCUT2D eigenvalue weighted by molar-refractivity contribution is 7.20. The van der Waals surface area contributed by atoms with Gasteiger partial charge in [0.15, 0.2) is 6.29 Å². The molecule has 26 heavy (non-hydrogen) atoms. The van der Waals surface area contributed by atoms with Crippen LogP contribution in [0.2, 0.25) is 0 Å². The number of nitrogen functional groups attached to an aromatic ring is 1. The number of nitrogens with two attached hydrogens (primary N) is 1. The lowest BCUT2D eigenvalue weighted by Crippen LogP contribution is -1.96. The topological polar surface area (TPSA) is 80.9 Å². The van der Waals surface area contributed by atoms with Crippen molar-refractivity contribution in [1.82, 2.24) is 9.97 Å². The molecule has 3 N–H and O–H groups in total. The van der Waals surface area contributed by atoms with E-state index in [2.05, 4.69) is 15.3 Å². The van der Waals surface area contributed by atoms with Crippen molar-refractivity contribution in [1.29, 1.82) is 0 Å². The average molecular weight is 362 g/mol. The molecule has 2 heterocycles. The Balaban J connectivity index is 0.000000206. The molecule has 0 amide bonds. The van der Waals surface area contributed by atoms with E-state index in [0.717, 1.165) is 33.4 Å². The highest BCUT2D eigenvalue weighted by Gasteiger charge is 2.11. The monoisotopic (exact) mass is 362 g/mol. The number of aldehydes is 1. The maximum atomic E-state index is 10.8. The van der Waals surface area contributed by atoms with E-state index in [4.69, 9.17) is 5.73 Å². The molecule has 0 spiro atoms. The standard InChI is InChI=1S/C13H9N3OS.C7H9N/c14-13-15-11(8-4-2-1-3-5-8)10-6-9(7-17)18-12(10)16-13;1-8-7-5-3-2-4-6-7/h1-7H,(H2,14,15,16);2-6,8H,1H3. The molecule has 130 valence electrons. The van der Waals surface area contributed by atoms with Crippen LogP contribution < -0.4 is 11.1 Å². The summed E-state index contributed by atoms with van der Waals surface area (Å²) in [7, 11) is 1.91. The van der Waals surface area contributed by atoms with Gasteiger partial charge < -0.3 is 11.1 Å². The van der Waals surface area contributed by atoms with Crippen molar-refractivity contribution >= 4 is 39.5 Å². The zero-order chi connectivity index (χ0) is 18.4. The predicted molar refractivity (Wildman–Crippen MR) is 109 cm³/mol. The zero-order valence-corrected chi connectivity index (χ0v) is 15.0. The lowest BCUT2D eigenvalue weighted by molar-refractivity contribution is 0.112. The van der Waals surface area contributed by atoms with E-state index >= 15 is 0 Å². The molecule has 4 rings (SSSR count). The molecular weight excluding hydrogens is 344 g/mol. The maximum Gasteiger partial charge on any atom is 0.221 e. The van der Waals surface area contributed by atoms with Crippen molar-refractivity contribution in [2.75, 3.05) is 18.1 Å². The number of carbonyl (C=O) groups excluding carboxylic acids is 1. The van der Waals surface area contributed by atoms with Gasteiger partial charge in [0.25, 0.3) is 0 Å². The lowest BCUT2D eigenvalue weighted by atomic mass is 10.1. The van der Waals surface area contributed by atoms with E-state index in [9.17, 15) is 4.79 Å². The highest BCUT2D eigenvalue weighted by Crippen LogP contribution is 2.31. The fourth-order valence-electron chi connectivity index (χ4n) is 2.44. The summed E-state index contributed by atoms with van der Waals surface area (Å²) < 4.78 is 0. The molecule has 5 nitrogen and oxygen atoms in total. The maximum absolute atomic E-state index is 10.8. The second-order valence-corrected chi connectivity index (χ2v) is 6.46. The Morgan fingerprint density at radius 3 is 2.23 bits per heavy atom. The van der Waals surface area contributed by atoms with E-state index in [0.29, 0.717) is 4.88 Å². The molecule has 0 aliphatic heterocycles. The molecule has 6 heteroatoms. The molecule has 0 unspecified atom stereocenters. The predicted octanol–water partition coefficient (Wildman–Crippen LogP) is 4.48. The summed E-state index contributed by atoms with van der Waals surface area (Å²) >= 11 is 1.32. The third-order valence-electron chi connectivity index (χ3n) is 3.65. The first-order chi connectivity index (χ1) is 12.7. The second-order valence-electron chi connectivity index (χ2n) is 5.40. The van der Waals surface area contributed by atoms with Crippen molar-refractivity contribution in [2.24, 2.45) is 0 Å². The van der Waals surface area contributed by atoms with Gasteiger partial charge in [-0.05, 0) is 18.2 Å². The molecule has 2 aromatic carbocycles. The van der Waals surface area contributed by atoms with Crippen LogP contribution >= 0.6 is 11.3 Å². The van der Waals surface area contributed by atoms with E-state index in [1.165, 1.54) is 11.3 Å². The summed E-state index contributed by atoms with van der Waals surface area (Å²) in [5, 5.41) is 3.89. The van der Waals surface area contributed by atoms with Crippen LogP contribution in [0.4, 0.5) is 11.6 Å². The van der Waals surface area contributed by atoms with E-state index in [-0.39, 0.29) is 5.95 Å². The van der Waals surface area contributed by atoms with Gasteiger partial charge in [-0.25, -0.2) is 9.97 Å². The molecule has 0 aliphatic carbocycles.